The maximum absolute atomic E-state index is 3.87. The number of nitrogens with one attached hydrogen (secondary N) is 2. The third-order valence-corrected chi connectivity index (χ3v) is 1.41. The summed E-state index contributed by atoms with van der Waals surface area (Å²) in [5, 5.41) is 7.04. The molecule has 42 valence electrons. The highest BCUT2D eigenvalue weighted by atomic mass is 15.3. The molecule has 3 heteroatoms. The summed E-state index contributed by atoms with van der Waals surface area (Å²) in [4.78, 5) is 0. The first-order valence-electron chi connectivity index (χ1n) is 2.64. The second-order valence-corrected chi connectivity index (χ2v) is 2.11. The van der Waals surface area contributed by atoms with Crippen molar-refractivity contribution >= 4 is 6.21 Å². The van der Waals surface area contributed by atoms with Gasteiger partial charge in [-0.2, -0.15) is 5.10 Å². The number of hydrogen-bond acceptors (Lipinski definition) is 3. The van der Waals surface area contributed by atoms with Gasteiger partial charge in [0.25, 0.3) is 0 Å². The van der Waals surface area contributed by atoms with E-state index in [1.165, 1.54) is 0 Å². The van der Waals surface area contributed by atoms with Crippen molar-refractivity contribution in [1.29, 1.82) is 0 Å². The van der Waals surface area contributed by atoms with Crippen molar-refractivity contribution in [3.8, 4) is 0 Å². The second-order valence-electron chi connectivity index (χ2n) is 2.11. The summed E-state index contributed by atoms with van der Waals surface area (Å²) in [7, 11) is 0. The summed E-state index contributed by atoms with van der Waals surface area (Å²) >= 11 is 0. The molecule has 1 unspecified atom stereocenters. The molecule has 0 aliphatic carbocycles. The molecule has 1 fully saturated rings. The highest BCUT2D eigenvalue weighted by molar-refractivity contribution is 5.78. The lowest BCUT2D eigenvalue weighted by Crippen LogP contribution is -2.19. The first-order chi connectivity index (χ1) is 3.91. The highest BCUT2D eigenvalue weighted by Gasteiger charge is 2.38. The second kappa shape index (κ2) is 1.11. The minimum atomic E-state index is 0.144. The predicted molar refractivity (Wildman–Crippen MR) is 31.5 cm³/mol. The fraction of sp³-hybridized carbons (Fsp3) is 0.400. The summed E-state index contributed by atoms with van der Waals surface area (Å²) < 4.78 is 0. The molecule has 0 bridgehead atoms. The van der Waals surface area contributed by atoms with E-state index in [0.717, 1.165) is 6.54 Å². The molecule has 0 aromatic heterocycles. The molecule has 8 heavy (non-hydrogen) atoms. The maximum Gasteiger partial charge on any atom is 0.0886 e. The Labute approximate surface area is 47.5 Å². The molecule has 2 N–H and O–H groups in total. The van der Waals surface area contributed by atoms with Crippen LogP contribution in [0.4, 0.5) is 0 Å². The van der Waals surface area contributed by atoms with Gasteiger partial charge in [0.05, 0.1) is 11.8 Å². The van der Waals surface area contributed by atoms with Gasteiger partial charge < -0.3 is 0 Å². The van der Waals surface area contributed by atoms with E-state index < -0.39 is 0 Å². The molecular weight excluding hydrogens is 102 g/mol. The van der Waals surface area contributed by atoms with Gasteiger partial charge in [0.15, 0.2) is 0 Å². The quantitative estimate of drug-likeness (QED) is 0.409. The van der Waals surface area contributed by atoms with Crippen molar-refractivity contribution in [2.75, 3.05) is 6.54 Å². The molecule has 2 rings (SSSR count). The van der Waals surface area contributed by atoms with E-state index in [9.17, 15) is 0 Å². The van der Waals surface area contributed by atoms with Crippen molar-refractivity contribution in [2.45, 2.75) is 5.54 Å². The number of rotatable bonds is 0. The first kappa shape index (κ1) is 4.09. The monoisotopic (exact) mass is 109 g/mol. The third-order valence-electron chi connectivity index (χ3n) is 1.41. The normalized spacial score (nSPS) is 40.0. The Morgan fingerprint density at radius 3 is 2.88 bits per heavy atom. The van der Waals surface area contributed by atoms with Gasteiger partial charge in [0.2, 0.25) is 0 Å². The third kappa shape index (κ3) is 0.448. The van der Waals surface area contributed by atoms with Crippen LogP contribution >= 0.6 is 0 Å². The van der Waals surface area contributed by atoms with Crippen LogP contribution in [0.15, 0.2) is 17.4 Å². The average Bonchev–Trinajstić information content (AvgIpc) is 2.52. The summed E-state index contributed by atoms with van der Waals surface area (Å²) in [6, 6.07) is 0. The topological polar surface area (TPSA) is 46.3 Å². The fourth-order valence-electron chi connectivity index (χ4n) is 0.736. The van der Waals surface area contributed by atoms with Crippen molar-refractivity contribution in [2.24, 2.45) is 5.10 Å². The van der Waals surface area contributed by atoms with Crippen LogP contribution in [0.25, 0.3) is 0 Å². The van der Waals surface area contributed by atoms with Crippen molar-refractivity contribution in [3.63, 3.8) is 0 Å². The van der Waals surface area contributed by atoms with Gasteiger partial charge in [-0.25, -0.2) is 0 Å². The first-order valence-corrected chi connectivity index (χ1v) is 2.64. The molecule has 0 radical (unpaired) electrons. The molecule has 2 aliphatic heterocycles. The van der Waals surface area contributed by atoms with E-state index in [-0.39, 0.29) is 5.54 Å². The smallest absolute Gasteiger partial charge is 0.0886 e. The minimum absolute atomic E-state index is 0.144. The van der Waals surface area contributed by atoms with Gasteiger partial charge in [-0.3, -0.25) is 10.7 Å². The van der Waals surface area contributed by atoms with Crippen LogP contribution in [0.3, 0.4) is 0 Å². The van der Waals surface area contributed by atoms with E-state index in [4.69, 9.17) is 0 Å². The number of nitrogens with zero attached hydrogens (tertiary/aromatic N) is 1. The van der Waals surface area contributed by atoms with Gasteiger partial charge in [-0.1, -0.05) is 0 Å². The molecule has 1 atom stereocenters. The molecule has 0 amide bonds. The molecule has 1 saturated heterocycles. The molecule has 3 nitrogen and oxygen atoms in total. The van der Waals surface area contributed by atoms with Crippen LogP contribution in [0.5, 0.6) is 0 Å². The van der Waals surface area contributed by atoms with Gasteiger partial charge >= 0.3 is 0 Å². The van der Waals surface area contributed by atoms with Crippen LogP contribution < -0.4 is 10.7 Å². The van der Waals surface area contributed by atoms with Crippen molar-refractivity contribution < 1.29 is 0 Å². The van der Waals surface area contributed by atoms with E-state index in [1.54, 1.807) is 0 Å². The van der Waals surface area contributed by atoms with Gasteiger partial charge in [-0.15, -0.1) is 0 Å². The molecule has 1 spiro atoms. The molecule has 0 aromatic carbocycles. The number of hydrogen-bond donors (Lipinski definition) is 2. The summed E-state index contributed by atoms with van der Waals surface area (Å²) in [5.74, 6) is 0. The molecule has 0 aromatic rings. The molecule has 0 saturated carbocycles. The summed E-state index contributed by atoms with van der Waals surface area (Å²) in [6.45, 7) is 1.04. The Bertz CT molecular complexity index is 141. The van der Waals surface area contributed by atoms with Crippen LogP contribution in [-0.2, 0) is 0 Å². The Balaban J connectivity index is 2.24. The van der Waals surface area contributed by atoms with E-state index in [1.807, 2.05) is 12.4 Å². The Hall–Kier alpha value is -0.830. The largest absolute Gasteiger partial charge is 0.300 e. The van der Waals surface area contributed by atoms with Crippen LogP contribution in [-0.4, -0.2) is 18.3 Å². The average molecular weight is 109 g/mol. The van der Waals surface area contributed by atoms with Gasteiger partial charge in [0, 0.05) is 12.7 Å². The SMILES string of the molecule is C1=CC2(C=NN1)CN2. The molecule has 2 aliphatic rings. The lowest BCUT2D eigenvalue weighted by Gasteiger charge is -2.03. The standard InChI is InChI=1S/C5H7N3/c1-2-7-8-4-5(1)3-6-5/h1-2,4,6-7H,3H2. The maximum atomic E-state index is 3.87. The summed E-state index contributed by atoms with van der Waals surface area (Å²) in [5.41, 5.74) is 2.87. The highest BCUT2D eigenvalue weighted by Crippen LogP contribution is 2.16. The van der Waals surface area contributed by atoms with E-state index in [0.29, 0.717) is 0 Å². The Morgan fingerprint density at radius 1 is 1.62 bits per heavy atom. The Morgan fingerprint density at radius 2 is 2.50 bits per heavy atom. The van der Waals surface area contributed by atoms with Crippen LogP contribution in [0.1, 0.15) is 0 Å². The lowest BCUT2D eigenvalue weighted by atomic mass is 10.2. The van der Waals surface area contributed by atoms with Gasteiger partial charge in [-0.05, 0) is 6.08 Å². The summed E-state index contributed by atoms with van der Waals surface area (Å²) in [6.07, 6.45) is 5.80. The van der Waals surface area contributed by atoms with Crippen LogP contribution in [0, 0.1) is 0 Å². The van der Waals surface area contributed by atoms with Crippen LogP contribution in [0.2, 0.25) is 0 Å². The van der Waals surface area contributed by atoms with Gasteiger partial charge in [0.1, 0.15) is 0 Å². The predicted octanol–water partition coefficient (Wildman–Crippen LogP) is -0.569. The lowest BCUT2D eigenvalue weighted by molar-refractivity contribution is 0.894. The fourth-order valence-corrected chi connectivity index (χ4v) is 0.736. The zero-order valence-corrected chi connectivity index (χ0v) is 4.39. The zero-order valence-electron chi connectivity index (χ0n) is 4.39. The molecular formula is C5H7N3. The Kier molecular flexibility index (Phi) is 0.569. The zero-order chi connectivity index (χ0) is 5.45. The van der Waals surface area contributed by atoms with Crippen molar-refractivity contribution in [3.05, 3.63) is 12.3 Å². The van der Waals surface area contributed by atoms with E-state index >= 15 is 0 Å². The minimum Gasteiger partial charge on any atom is -0.300 e. The van der Waals surface area contributed by atoms with Crippen molar-refractivity contribution in [1.82, 2.24) is 10.7 Å². The van der Waals surface area contributed by atoms with E-state index in [2.05, 4.69) is 21.9 Å². The molecule has 2 heterocycles. The number of hydrazone groups is 1.